The molecule has 386 valence electrons. The van der Waals surface area contributed by atoms with E-state index in [0.29, 0.717) is 36.9 Å². The van der Waals surface area contributed by atoms with Gasteiger partial charge in [-0.05, 0) is 61.1 Å². The number of aliphatic carboxylic acids is 2. The Kier molecular flexibility index (Phi) is 26.0. The van der Waals surface area contributed by atoms with Crippen LogP contribution in [0.2, 0.25) is 0 Å². The van der Waals surface area contributed by atoms with Gasteiger partial charge in [0.25, 0.3) is 5.97 Å². The SMILES string of the molecule is CC(=O)O.CC[C@H](C)[C@H](NC(=O)[C@@H]1CCCN1C(=O)[C@H](Cc1cnc[nH]1)NC(=O)[C@@H](NC(=O)[C@H](Cc1ccc(O)cc1)NC(=O)[C@@H](NC(=O)[C@@H](N)CCCN=C(N)N)C(C)C)[C@@H](C)CC)C(=O)O.O. The second kappa shape index (κ2) is 29.8. The number of H-pyrrole nitrogens is 1. The van der Waals surface area contributed by atoms with Gasteiger partial charge in [0.2, 0.25) is 35.4 Å². The number of hydrogen-bond acceptors (Lipinski definition) is 12. The summed E-state index contributed by atoms with van der Waals surface area (Å²) in [4.78, 5) is 117. The van der Waals surface area contributed by atoms with Crippen molar-refractivity contribution in [1.29, 1.82) is 0 Å². The fourth-order valence-electron chi connectivity index (χ4n) is 7.25. The summed E-state index contributed by atoms with van der Waals surface area (Å²) >= 11 is 0. The zero-order chi connectivity index (χ0) is 51.2. The summed E-state index contributed by atoms with van der Waals surface area (Å²) in [5.41, 5.74) is 17.9. The summed E-state index contributed by atoms with van der Waals surface area (Å²) in [5, 5.41) is 40.8. The molecule has 24 nitrogen and oxygen atoms in total. The Morgan fingerprint density at radius 2 is 1.38 bits per heavy atom. The molecule has 0 saturated carbocycles. The Morgan fingerprint density at radius 3 is 1.91 bits per heavy atom. The molecule has 0 spiro atoms. The number of phenolic OH excluding ortho intramolecular Hbond substituents is 1. The van der Waals surface area contributed by atoms with Gasteiger partial charge in [0, 0.05) is 44.7 Å². The third-order valence-electron chi connectivity index (χ3n) is 11.6. The molecule has 24 heteroatoms. The van der Waals surface area contributed by atoms with E-state index in [9.17, 15) is 43.8 Å². The van der Waals surface area contributed by atoms with E-state index in [0.717, 1.165) is 6.92 Å². The van der Waals surface area contributed by atoms with Crippen LogP contribution in [-0.4, -0.2) is 144 Å². The number of nitrogens with two attached hydrogens (primary N) is 3. The van der Waals surface area contributed by atoms with Crippen molar-refractivity contribution in [3.05, 3.63) is 48.0 Å². The number of likely N-dealkylation sites (tertiary alicyclic amines) is 1. The number of carboxylic acids is 2. The Balaban J connectivity index is 0.00000457. The molecule has 17 N–H and O–H groups in total. The highest BCUT2D eigenvalue weighted by molar-refractivity contribution is 5.97. The lowest BCUT2D eigenvalue weighted by molar-refractivity contribution is -0.146. The predicted octanol–water partition coefficient (Wildman–Crippen LogP) is -1.20. The molecule has 1 aliphatic heterocycles. The topological polar surface area (TPSA) is 411 Å². The number of aromatic nitrogens is 2. The number of rotatable bonds is 25. The van der Waals surface area contributed by atoms with Crippen molar-refractivity contribution < 1.29 is 59.2 Å². The molecule has 1 aromatic carbocycles. The molecule has 0 radical (unpaired) electrons. The van der Waals surface area contributed by atoms with Gasteiger partial charge >= 0.3 is 5.97 Å². The van der Waals surface area contributed by atoms with Crippen LogP contribution in [0.1, 0.15) is 98.2 Å². The van der Waals surface area contributed by atoms with E-state index in [1.54, 1.807) is 39.8 Å². The summed E-state index contributed by atoms with van der Waals surface area (Å²) in [6.07, 6.45) is 5.07. The molecular weight excluding hydrogens is 901 g/mol. The van der Waals surface area contributed by atoms with Crippen LogP contribution in [0.5, 0.6) is 5.75 Å². The van der Waals surface area contributed by atoms with Crippen molar-refractivity contribution in [3.63, 3.8) is 0 Å². The van der Waals surface area contributed by atoms with Crippen molar-refractivity contribution in [2.24, 2.45) is 39.9 Å². The lowest BCUT2D eigenvalue weighted by Gasteiger charge is -2.32. The first-order chi connectivity index (χ1) is 32.0. The lowest BCUT2D eigenvalue weighted by atomic mass is 9.96. The molecule has 2 aromatic rings. The summed E-state index contributed by atoms with van der Waals surface area (Å²) in [7, 11) is 0. The van der Waals surface area contributed by atoms with Crippen molar-refractivity contribution in [3.8, 4) is 5.75 Å². The normalized spacial score (nSPS) is 16.5. The van der Waals surface area contributed by atoms with Crippen LogP contribution in [0.4, 0.5) is 0 Å². The summed E-state index contributed by atoms with van der Waals surface area (Å²) in [5.74, 6) is -7.38. The maximum absolute atomic E-state index is 14.4. The van der Waals surface area contributed by atoms with Crippen molar-refractivity contribution in [2.45, 2.75) is 142 Å². The monoisotopic (exact) mass is 975 g/mol. The molecule has 1 aliphatic rings. The number of carboxylic acid groups (broad SMARTS) is 2. The van der Waals surface area contributed by atoms with Gasteiger partial charge in [-0.15, -0.1) is 0 Å². The number of nitrogens with zero attached hydrogens (tertiary/aromatic N) is 3. The minimum Gasteiger partial charge on any atom is -0.508 e. The third kappa shape index (κ3) is 20.1. The van der Waals surface area contributed by atoms with Crippen LogP contribution in [-0.2, 0) is 51.2 Å². The highest BCUT2D eigenvalue weighted by Crippen LogP contribution is 2.22. The van der Waals surface area contributed by atoms with Gasteiger partial charge in [-0.1, -0.05) is 66.5 Å². The standard InChI is InChI=1S/C43H68N12O9.C2H4O2.H2O/c1-7-24(5)34(40(61)51-31(20-27-21-47-22-49-27)41(62)55-18-10-12-32(55)38(59)54-35(42(63)64)25(6)8-2)53-37(58)30(19-26-13-15-28(56)16-14-26)50-39(60)33(23(3)4)52-36(57)29(44)11-9-17-48-43(45)46;1-2(3)4;/h13-16,21-25,29-35,56H,7-12,17-20,44H2,1-6H3,(H,47,49)(H,50,60)(H,51,61)(H,52,57)(H,53,58)(H,54,59)(H,63,64)(H4,45,46,48);1H3,(H,3,4);1H2/t24-,25-,29-,30-,31-,32-,33-,34-,35-;;/m0../s1. The average Bonchev–Trinajstić information content (AvgIpc) is 4.00. The first-order valence-electron chi connectivity index (χ1n) is 22.8. The van der Waals surface area contributed by atoms with Crippen molar-refractivity contribution in [2.75, 3.05) is 13.1 Å². The number of carbonyl (C=O) groups excluding carboxylic acids is 6. The highest BCUT2D eigenvalue weighted by atomic mass is 16.4. The molecule has 0 aliphatic carbocycles. The minimum atomic E-state index is -1.29. The summed E-state index contributed by atoms with van der Waals surface area (Å²) in [6, 6.07) is -2.00. The van der Waals surface area contributed by atoms with Gasteiger partial charge < -0.3 is 74.5 Å². The molecule has 2 heterocycles. The number of amides is 6. The number of aromatic amines is 1. The fourth-order valence-corrected chi connectivity index (χ4v) is 7.25. The first-order valence-corrected chi connectivity index (χ1v) is 22.8. The van der Waals surface area contributed by atoms with Crippen LogP contribution in [0.15, 0.2) is 41.8 Å². The summed E-state index contributed by atoms with van der Waals surface area (Å²) < 4.78 is 0. The Hall–Kier alpha value is -6.82. The van der Waals surface area contributed by atoms with Gasteiger partial charge in [0.05, 0.1) is 12.4 Å². The van der Waals surface area contributed by atoms with Gasteiger partial charge in [0.1, 0.15) is 42.0 Å². The number of hydrogen-bond donors (Lipinski definition) is 12. The number of nitrogens with one attached hydrogen (secondary N) is 6. The Morgan fingerprint density at radius 1 is 0.812 bits per heavy atom. The zero-order valence-electron chi connectivity index (χ0n) is 40.5. The first kappa shape index (κ1) is 60.2. The number of guanidine groups is 1. The van der Waals surface area contributed by atoms with E-state index in [2.05, 4.69) is 41.5 Å². The van der Waals surface area contributed by atoms with Gasteiger partial charge in [0.15, 0.2) is 5.96 Å². The van der Waals surface area contributed by atoms with Crippen LogP contribution < -0.4 is 43.8 Å². The minimum absolute atomic E-state index is 0. The maximum Gasteiger partial charge on any atom is 0.326 e. The quantitative estimate of drug-likeness (QED) is 0.0316. The van der Waals surface area contributed by atoms with Crippen molar-refractivity contribution >= 4 is 53.3 Å². The number of imidazole rings is 1. The molecule has 9 atom stereocenters. The molecule has 1 fully saturated rings. The molecular formula is C45H74N12O12. The van der Waals surface area contributed by atoms with Gasteiger partial charge in [-0.25, -0.2) is 9.78 Å². The predicted molar refractivity (Wildman–Crippen MR) is 255 cm³/mol. The molecule has 3 rings (SSSR count). The Bertz CT molecular complexity index is 2010. The molecule has 1 aromatic heterocycles. The largest absolute Gasteiger partial charge is 0.508 e. The summed E-state index contributed by atoms with van der Waals surface area (Å²) in [6.45, 7) is 12.0. The van der Waals surface area contributed by atoms with Gasteiger partial charge in [-0.2, -0.15) is 0 Å². The molecule has 1 saturated heterocycles. The van der Waals surface area contributed by atoms with E-state index in [-0.39, 0.29) is 61.9 Å². The van der Waals surface area contributed by atoms with Crippen LogP contribution in [0.25, 0.3) is 0 Å². The van der Waals surface area contributed by atoms with E-state index in [4.69, 9.17) is 27.1 Å². The van der Waals surface area contributed by atoms with Crippen LogP contribution in [0, 0.1) is 17.8 Å². The second-order valence-corrected chi connectivity index (χ2v) is 17.3. The van der Waals surface area contributed by atoms with E-state index in [1.807, 2.05) is 13.8 Å². The Labute approximate surface area is 402 Å². The van der Waals surface area contributed by atoms with E-state index in [1.165, 1.54) is 29.6 Å². The van der Waals surface area contributed by atoms with Crippen LogP contribution >= 0.6 is 0 Å². The number of carbonyl (C=O) groups is 8. The second-order valence-electron chi connectivity index (χ2n) is 17.3. The highest BCUT2D eigenvalue weighted by Gasteiger charge is 2.41. The van der Waals surface area contributed by atoms with E-state index >= 15 is 0 Å². The molecule has 0 unspecified atom stereocenters. The van der Waals surface area contributed by atoms with Crippen molar-refractivity contribution in [1.82, 2.24) is 41.5 Å². The zero-order valence-corrected chi connectivity index (χ0v) is 40.5. The molecule has 69 heavy (non-hydrogen) atoms. The molecule has 0 bridgehead atoms. The fraction of sp³-hybridized carbons (Fsp3) is 0.600. The number of aromatic hydroxyl groups is 1. The number of benzene rings is 1. The lowest BCUT2D eigenvalue weighted by Crippen LogP contribution is -2.61. The third-order valence-corrected chi connectivity index (χ3v) is 11.6. The van der Waals surface area contributed by atoms with E-state index < -0.39 is 102 Å². The van der Waals surface area contributed by atoms with Gasteiger partial charge in [-0.3, -0.25) is 38.6 Å². The average molecular weight is 975 g/mol. The maximum atomic E-state index is 14.4. The molecule has 6 amide bonds. The number of phenols is 1. The van der Waals surface area contributed by atoms with Crippen LogP contribution in [0.3, 0.4) is 0 Å². The number of aliphatic imine (C=N–C) groups is 1. The smallest absolute Gasteiger partial charge is 0.326 e.